The Bertz CT molecular complexity index is 1420. The lowest BCUT2D eigenvalue weighted by Crippen LogP contribution is -2.28. The van der Waals surface area contributed by atoms with E-state index in [4.69, 9.17) is 9.47 Å². The fourth-order valence-electron chi connectivity index (χ4n) is 5.77. The number of hydrogen-bond donors (Lipinski definition) is 1. The zero-order valence-corrected chi connectivity index (χ0v) is 39.1. The van der Waals surface area contributed by atoms with E-state index in [1.165, 1.54) is 0 Å². The van der Waals surface area contributed by atoms with E-state index in [1.807, 2.05) is 0 Å². The molecule has 1 unspecified atom stereocenters. The normalized spacial score (nSPS) is 13.7. The first kappa shape index (κ1) is 57.5. The molecule has 5 nitrogen and oxygen atoms in total. The van der Waals surface area contributed by atoms with Gasteiger partial charge in [-0.1, -0.05) is 191 Å². The summed E-state index contributed by atoms with van der Waals surface area (Å²) >= 11 is 0. The maximum Gasteiger partial charge on any atom is 0.306 e. The van der Waals surface area contributed by atoms with Crippen molar-refractivity contribution in [3.63, 3.8) is 0 Å². The summed E-state index contributed by atoms with van der Waals surface area (Å²) in [6, 6.07) is 0. The highest BCUT2D eigenvalue weighted by Gasteiger charge is 2.16. The predicted molar refractivity (Wildman–Crippen MR) is 269 cm³/mol. The number of unbranched alkanes of at least 4 members (excludes halogenated alkanes) is 7. The van der Waals surface area contributed by atoms with E-state index in [0.29, 0.717) is 12.8 Å². The van der Waals surface area contributed by atoms with Crippen LogP contribution in [0.25, 0.3) is 0 Å². The largest absolute Gasteiger partial charge is 0.462 e. The van der Waals surface area contributed by atoms with Crippen LogP contribution in [0.15, 0.2) is 158 Å². The molecule has 5 heteroatoms. The molecule has 0 amide bonds. The molecule has 0 radical (unpaired) electrons. The van der Waals surface area contributed by atoms with Gasteiger partial charge in [0.2, 0.25) is 0 Å². The highest BCUT2D eigenvalue weighted by molar-refractivity contribution is 5.70. The van der Waals surface area contributed by atoms with Gasteiger partial charge in [-0.05, 0) is 122 Å². The van der Waals surface area contributed by atoms with Crippen molar-refractivity contribution in [3.05, 3.63) is 158 Å². The molecule has 0 aromatic carbocycles. The van der Waals surface area contributed by atoms with Crippen LogP contribution in [0.1, 0.15) is 168 Å². The first-order chi connectivity index (χ1) is 30.6. The number of carbonyl (C=O) groups excluding carboxylic acids is 2. The molecule has 0 aromatic heterocycles. The Balaban J connectivity index is 3.73. The molecule has 0 aromatic rings. The third-order valence-corrected chi connectivity index (χ3v) is 9.32. The van der Waals surface area contributed by atoms with Crippen molar-refractivity contribution in [1.82, 2.24) is 0 Å². The summed E-state index contributed by atoms with van der Waals surface area (Å²) in [5.41, 5.74) is 0. The number of aliphatic hydroxyl groups is 1. The lowest BCUT2D eigenvalue weighted by Gasteiger charge is -2.15. The van der Waals surface area contributed by atoms with Crippen molar-refractivity contribution >= 4 is 11.9 Å². The van der Waals surface area contributed by atoms with Crippen LogP contribution in [0, 0.1) is 0 Å². The summed E-state index contributed by atoms with van der Waals surface area (Å²) < 4.78 is 10.6. The zero-order valence-electron chi connectivity index (χ0n) is 39.1. The van der Waals surface area contributed by atoms with Crippen molar-refractivity contribution in [2.45, 2.75) is 174 Å². The number of carbonyl (C=O) groups is 2. The smallest absolute Gasteiger partial charge is 0.306 e. The van der Waals surface area contributed by atoms with Gasteiger partial charge in [0.1, 0.15) is 6.61 Å². The van der Waals surface area contributed by atoms with Crippen LogP contribution >= 0.6 is 0 Å². The van der Waals surface area contributed by atoms with Gasteiger partial charge in [0.15, 0.2) is 6.10 Å². The van der Waals surface area contributed by atoms with E-state index < -0.39 is 6.10 Å². The molecule has 1 N–H and O–H groups in total. The molecule has 344 valence electrons. The summed E-state index contributed by atoms with van der Waals surface area (Å²) in [5, 5.41) is 9.61. The molecular weight excluding hydrogens is 765 g/mol. The number of allylic oxidation sites excluding steroid dienone is 26. The van der Waals surface area contributed by atoms with Crippen LogP contribution in [-0.4, -0.2) is 36.4 Å². The molecule has 0 aliphatic carbocycles. The Hall–Kier alpha value is -4.48. The number of aliphatic hydroxyl groups excluding tert-OH is 1. The zero-order chi connectivity index (χ0) is 44.9. The Morgan fingerprint density at radius 1 is 0.371 bits per heavy atom. The SMILES string of the molecule is CC/C=C\C/C=C\C/C=C\C/C=C\C/C=C\C/C=C\C/C=C\C/C=C\CCCCCCC(=O)OC(CO)COC(=O)CCCCC/C=C\C/C=C\C/C=C\C/C=C\C/C=C\CC. The monoisotopic (exact) mass is 851 g/mol. The fourth-order valence-corrected chi connectivity index (χ4v) is 5.77. The fraction of sp³-hybridized carbons (Fsp3) is 0.509. The van der Waals surface area contributed by atoms with E-state index in [-0.39, 0.29) is 25.2 Å². The van der Waals surface area contributed by atoms with Crippen molar-refractivity contribution < 1.29 is 24.2 Å². The first-order valence-corrected chi connectivity index (χ1v) is 24.0. The molecular formula is C57H86O5. The van der Waals surface area contributed by atoms with Gasteiger partial charge < -0.3 is 14.6 Å². The number of rotatable bonds is 41. The van der Waals surface area contributed by atoms with Crippen LogP contribution in [0.2, 0.25) is 0 Å². The van der Waals surface area contributed by atoms with Crippen molar-refractivity contribution in [2.75, 3.05) is 13.2 Å². The second-order valence-corrected chi connectivity index (χ2v) is 15.1. The topological polar surface area (TPSA) is 72.8 Å². The standard InChI is InChI=1S/C57H86O5/c1-3-5-7-9-11-13-15-17-19-21-23-24-25-26-27-28-29-30-31-32-34-36-38-40-42-44-46-48-50-52-57(60)62-55(53-58)54-61-56(59)51-49-47-45-43-41-39-37-35-33-22-20-18-16-14-12-10-8-6-4-2/h5-8,11-14,17-20,23-24,26-27,29-30,32-35,38-41,55,58H,3-4,9-10,15-16,21-22,25,28,31,36-37,42-54H2,1-2H3/b7-5-,8-6-,13-11-,14-12-,19-17-,20-18-,24-23-,27-26-,30-29-,34-32-,35-33-,40-38-,41-39-. The Labute approximate surface area is 380 Å². The van der Waals surface area contributed by atoms with Gasteiger partial charge in [-0.25, -0.2) is 0 Å². The minimum Gasteiger partial charge on any atom is -0.462 e. The highest BCUT2D eigenvalue weighted by Crippen LogP contribution is 2.10. The quantitative estimate of drug-likeness (QED) is 0.0377. The summed E-state index contributed by atoms with van der Waals surface area (Å²) in [5.74, 6) is -0.675. The molecule has 0 aliphatic rings. The third-order valence-electron chi connectivity index (χ3n) is 9.32. The van der Waals surface area contributed by atoms with Crippen LogP contribution < -0.4 is 0 Å². The minimum atomic E-state index is -0.813. The Morgan fingerprint density at radius 2 is 0.645 bits per heavy atom. The molecule has 1 atom stereocenters. The van der Waals surface area contributed by atoms with Gasteiger partial charge in [-0.3, -0.25) is 9.59 Å². The average Bonchev–Trinajstić information content (AvgIpc) is 3.28. The van der Waals surface area contributed by atoms with Crippen molar-refractivity contribution in [3.8, 4) is 0 Å². The van der Waals surface area contributed by atoms with E-state index in [1.54, 1.807) is 0 Å². The second kappa shape index (κ2) is 50.9. The van der Waals surface area contributed by atoms with Crippen molar-refractivity contribution in [2.24, 2.45) is 0 Å². The molecule has 0 aliphatic heterocycles. The van der Waals surface area contributed by atoms with Gasteiger partial charge in [0.05, 0.1) is 6.61 Å². The van der Waals surface area contributed by atoms with E-state index >= 15 is 0 Å². The van der Waals surface area contributed by atoms with Gasteiger partial charge >= 0.3 is 11.9 Å². The Kier molecular flexibility index (Phi) is 47.2. The summed E-state index contributed by atoms with van der Waals surface area (Å²) in [6.45, 7) is 3.84. The van der Waals surface area contributed by atoms with Gasteiger partial charge in [-0.2, -0.15) is 0 Å². The van der Waals surface area contributed by atoms with E-state index in [0.717, 1.165) is 141 Å². The van der Waals surface area contributed by atoms with Gasteiger partial charge in [-0.15, -0.1) is 0 Å². The molecule has 0 heterocycles. The predicted octanol–water partition coefficient (Wildman–Crippen LogP) is 16.1. The van der Waals surface area contributed by atoms with Crippen LogP contribution in [0.5, 0.6) is 0 Å². The average molecular weight is 851 g/mol. The lowest BCUT2D eigenvalue weighted by molar-refractivity contribution is -0.161. The van der Waals surface area contributed by atoms with E-state index in [9.17, 15) is 14.7 Å². The second-order valence-electron chi connectivity index (χ2n) is 15.1. The number of hydrogen-bond acceptors (Lipinski definition) is 5. The molecule has 0 bridgehead atoms. The van der Waals surface area contributed by atoms with Gasteiger partial charge in [0, 0.05) is 12.8 Å². The molecule has 0 spiro atoms. The van der Waals surface area contributed by atoms with Crippen molar-refractivity contribution in [1.29, 1.82) is 0 Å². The third kappa shape index (κ3) is 48.2. The number of esters is 2. The molecule has 0 saturated carbocycles. The Morgan fingerprint density at radius 3 is 0.968 bits per heavy atom. The lowest BCUT2D eigenvalue weighted by atomic mass is 10.1. The van der Waals surface area contributed by atoms with E-state index in [2.05, 4.69) is 172 Å². The van der Waals surface area contributed by atoms with Gasteiger partial charge in [0.25, 0.3) is 0 Å². The molecule has 0 fully saturated rings. The number of ether oxygens (including phenoxy) is 2. The van der Waals surface area contributed by atoms with Crippen LogP contribution in [-0.2, 0) is 19.1 Å². The highest BCUT2D eigenvalue weighted by atomic mass is 16.6. The minimum absolute atomic E-state index is 0.106. The molecule has 62 heavy (non-hydrogen) atoms. The molecule has 0 saturated heterocycles. The maximum absolute atomic E-state index is 12.3. The first-order valence-electron chi connectivity index (χ1n) is 24.0. The molecule has 0 rings (SSSR count). The summed E-state index contributed by atoms with van der Waals surface area (Å²) in [4.78, 5) is 24.4. The summed E-state index contributed by atoms with van der Waals surface area (Å²) in [7, 11) is 0. The van der Waals surface area contributed by atoms with Crippen LogP contribution in [0.3, 0.4) is 0 Å². The summed E-state index contributed by atoms with van der Waals surface area (Å²) in [6.07, 6.45) is 78.9. The van der Waals surface area contributed by atoms with Crippen LogP contribution in [0.4, 0.5) is 0 Å². The maximum atomic E-state index is 12.3.